The van der Waals surface area contributed by atoms with E-state index in [0.717, 1.165) is 6.29 Å². The molecular formula is C5H11OSi. The second kappa shape index (κ2) is 2.26. The molecule has 41 valence electrons. The molecule has 0 atom stereocenters. The maximum Gasteiger partial charge on any atom is 0.120 e. The second-order valence-corrected chi connectivity index (χ2v) is 7.73. The fourth-order valence-electron chi connectivity index (χ4n) is 0.204. The van der Waals surface area contributed by atoms with Gasteiger partial charge in [-0.3, -0.25) is 0 Å². The van der Waals surface area contributed by atoms with Gasteiger partial charge in [-0.1, -0.05) is 19.6 Å². The smallest absolute Gasteiger partial charge is 0.120 e. The molecule has 2 heteroatoms. The van der Waals surface area contributed by atoms with Crippen molar-refractivity contribution in [1.29, 1.82) is 0 Å². The molecule has 0 heterocycles. The first-order valence-electron chi connectivity index (χ1n) is 2.36. The number of hydrogen-bond acceptors (Lipinski definition) is 1. The van der Waals surface area contributed by atoms with Crippen LogP contribution in [0.15, 0.2) is 0 Å². The van der Waals surface area contributed by atoms with Gasteiger partial charge in [-0.05, 0) is 0 Å². The highest BCUT2D eigenvalue weighted by Crippen LogP contribution is 2.00. The number of hydrogen-bond donors (Lipinski definition) is 0. The molecule has 0 aliphatic carbocycles. The van der Waals surface area contributed by atoms with Crippen LogP contribution in [0.1, 0.15) is 0 Å². The average molecular weight is 115 g/mol. The Morgan fingerprint density at radius 3 is 1.71 bits per heavy atom. The highest BCUT2D eigenvalue weighted by molar-refractivity contribution is 6.82. The Kier molecular flexibility index (Phi) is 2.22. The maximum atomic E-state index is 9.80. The van der Waals surface area contributed by atoms with E-state index in [2.05, 4.69) is 19.6 Å². The van der Waals surface area contributed by atoms with E-state index >= 15 is 0 Å². The molecule has 0 aliphatic heterocycles. The van der Waals surface area contributed by atoms with Crippen LogP contribution in [-0.4, -0.2) is 14.4 Å². The monoisotopic (exact) mass is 115 g/mol. The molecule has 0 saturated carbocycles. The first-order valence-corrected chi connectivity index (χ1v) is 5.94. The largest absolute Gasteiger partial charge is 0.303 e. The van der Waals surface area contributed by atoms with Crippen LogP contribution >= 0.6 is 0 Å². The highest BCUT2D eigenvalue weighted by Gasteiger charge is 2.10. The summed E-state index contributed by atoms with van der Waals surface area (Å²) in [7, 11) is -1.15. The highest BCUT2D eigenvalue weighted by atomic mass is 28.3. The van der Waals surface area contributed by atoms with Gasteiger partial charge in [-0.15, -0.1) is 0 Å². The molecule has 0 N–H and O–H groups in total. The lowest BCUT2D eigenvalue weighted by Gasteiger charge is -2.07. The molecule has 7 heavy (non-hydrogen) atoms. The molecule has 0 bridgehead atoms. The molecule has 0 aliphatic rings. The fraction of sp³-hybridized carbons (Fsp3) is 0.600. The molecule has 0 unspecified atom stereocenters. The quantitative estimate of drug-likeness (QED) is 0.391. The van der Waals surface area contributed by atoms with Crippen molar-refractivity contribution < 1.29 is 4.79 Å². The predicted molar refractivity (Wildman–Crippen MR) is 33.7 cm³/mol. The Labute approximate surface area is 45.7 Å². The van der Waals surface area contributed by atoms with Gasteiger partial charge in [0.25, 0.3) is 0 Å². The van der Waals surface area contributed by atoms with E-state index in [9.17, 15) is 4.79 Å². The topological polar surface area (TPSA) is 17.1 Å². The Morgan fingerprint density at radius 1 is 1.29 bits per heavy atom. The SMILES string of the molecule is C[Si](C)(C)[CH]C=O. The summed E-state index contributed by atoms with van der Waals surface area (Å²) in [6.07, 6.45) is 0.895. The van der Waals surface area contributed by atoms with Crippen LogP contribution < -0.4 is 0 Å². The number of carbonyl (C=O) groups is 1. The van der Waals surface area contributed by atoms with Crippen LogP contribution in [0.25, 0.3) is 0 Å². The normalized spacial score (nSPS) is 11.3. The first kappa shape index (κ1) is 6.89. The molecular weight excluding hydrogens is 104 g/mol. The van der Waals surface area contributed by atoms with Crippen molar-refractivity contribution in [2.45, 2.75) is 19.6 Å². The van der Waals surface area contributed by atoms with Crippen LogP contribution in [0, 0.1) is 6.04 Å². The summed E-state index contributed by atoms with van der Waals surface area (Å²) in [5.41, 5.74) is 0. The summed E-state index contributed by atoms with van der Waals surface area (Å²) < 4.78 is 0. The van der Waals surface area contributed by atoms with Gasteiger partial charge in [0.15, 0.2) is 0 Å². The first-order chi connectivity index (χ1) is 3.06. The minimum Gasteiger partial charge on any atom is -0.303 e. The van der Waals surface area contributed by atoms with Crippen molar-refractivity contribution in [1.82, 2.24) is 0 Å². The van der Waals surface area contributed by atoms with Crippen molar-refractivity contribution in [2.75, 3.05) is 0 Å². The lowest BCUT2D eigenvalue weighted by Crippen LogP contribution is -2.21. The number of carbonyl (C=O) groups excluding carboxylic acids is 1. The summed E-state index contributed by atoms with van der Waals surface area (Å²) in [4.78, 5) is 9.80. The van der Waals surface area contributed by atoms with Gasteiger partial charge in [-0.2, -0.15) is 0 Å². The number of rotatable bonds is 2. The molecule has 0 saturated heterocycles. The van der Waals surface area contributed by atoms with Gasteiger partial charge >= 0.3 is 0 Å². The summed E-state index contributed by atoms with van der Waals surface area (Å²) in [6.45, 7) is 6.38. The fourth-order valence-corrected chi connectivity index (χ4v) is 0.612. The van der Waals surface area contributed by atoms with E-state index in [1.807, 2.05) is 0 Å². The van der Waals surface area contributed by atoms with Gasteiger partial charge in [-0.25, -0.2) is 0 Å². The lowest BCUT2D eigenvalue weighted by molar-refractivity contribution is -0.104. The average Bonchev–Trinajstić information content (AvgIpc) is 1.30. The Hall–Kier alpha value is -0.113. The molecule has 0 aromatic carbocycles. The van der Waals surface area contributed by atoms with Crippen LogP contribution in [0.5, 0.6) is 0 Å². The summed E-state index contributed by atoms with van der Waals surface area (Å²) in [5, 5.41) is 0. The third-order valence-electron chi connectivity index (χ3n) is 0.568. The van der Waals surface area contributed by atoms with Crippen molar-refractivity contribution in [3.05, 3.63) is 6.04 Å². The van der Waals surface area contributed by atoms with E-state index in [0.29, 0.717) is 0 Å². The summed E-state index contributed by atoms with van der Waals surface area (Å²) in [6, 6.07) is 1.77. The minimum absolute atomic E-state index is 0.895. The standard InChI is InChI=1S/C5H11OSi/c1-7(2,3)5-4-6/h4-5H,1-3H3. The minimum atomic E-state index is -1.15. The van der Waals surface area contributed by atoms with E-state index in [1.54, 1.807) is 6.04 Å². The Morgan fingerprint density at radius 2 is 1.71 bits per heavy atom. The van der Waals surface area contributed by atoms with E-state index < -0.39 is 8.07 Å². The van der Waals surface area contributed by atoms with E-state index in [4.69, 9.17) is 0 Å². The van der Waals surface area contributed by atoms with E-state index in [1.165, 1.54) is 0 Å². The van der Waals surface area contributed by atoms with Crippen molar-refractivity contribution in [2.24, 2.45) is 0 Å². The van der Waals surface area contributed by atoms with Gasteiger partial charge in [0.1, 0.15) is 6.29 Å². The third-order valence-corrected chi connectivity index (χ3v) is 1.70. The van der Waals surface area contributed by atoms with Crippen LogP contribution in [0.3, 0.4) is 0 Å². The maximum absolute atomic E-state index is 9.80. The molecule has 1 nitrogen and oxygen atoms in total. The lowest BCUT2D eigenvalue weighted by atomic mass is 10.9. The van der Waals surface area contributed by atoms with Crippen LogP contribution in [-0.2, 0) is 4.79 Å². The second-order valence-electron chi connectivity index (χ2n) is 2.67. The predicted octanol–water partition coefficient (Wildman–Crippen LogP) is 1.27. The molecule has 0 rings (SSSR count). The molecule has 0 aromatic heterocycles. The third kappa shape index (κ3) is 5.89. The summed E-state index contributed by atoms with van der Waals surface area (Å²) >= 11 is 0. The molecule has 1 radical (unpaired) electrons. The number of aldehydes is 1. The Bertz CT molecular complexity index is 63.0. The zero-order valence-electron chi connectivity index (χ0n) is 5.06. The summed E-state index contributed by atoms with van der Waals surface area (Å²) in [5.74, 6) is 0. The Balaban J connectivity index is 3.34. The van der Waals surface area contributed by atoms with Gasteiger partial charge in [0.05, 0.1) is 8.07 Å². The van der Waals surface area contributed by atoms with Crippen molar-refractivity contribution in [3.8, 4) is 0 Å². The molecule has 0 spiro atoms. The zero-order valence-corrected chi connectivity index (χ0v) is 6.06. The van der Waals surface area contributed by atoms with Crippen LogP contribution in [0.4, 0.5) is 0 Å². The molecule has 0 aromatic rings. The van der Waals surface area contributed by atoms with Crippen LogP contribution in [0.2, 0.25) is 19.6 Å². The zero-order chi connectivity index (χ0) is 5.91. The van der Waals surface area contributed by atoms with Crippen molar-refractivity contribution >= 4 is 14.4 Å². The molecule has 0 fully saturated rings. The van der Waals surface area contributed by atoms with E-state index in [-0.39, 0.29) is 0 Å². The van der Waals surface area contributed by atoms with Gasteiger partial charge in [0, 0.05) is 6.04 Å². The van der Waals surface area contributed by atoms with Gasteiger partial charge in [0.2, 0.25) is 0 Å². The van der Waals surface area contributed by atoms with Gasteiger partial charge < -0.3 is 4.79 Å². The van der Waals surface area contributed by atoms with Crippen molar-refractivity contribution in [3.63, 3.8) is 0 Å². The molecule has 0 amide bonds.